The maximum atomic E-state index is 12.3. The molecule has 1 fully saturated rings. The second-order valence-corrected chi connectivity index (χ2v) is 5.30. The van der Waals surface area contributed by atoms with E-state index < -0.39 is 6.10 Å². The number of amides is 1. The number of benzene rings is 1. The van der Waals surface area contributed by atoms with E-state index >= 15 is 0 Å². The molecule has 0 spiro atoms. The highest BCUT2D eigenvalue weighted by Crippen LogP contribution is 2.25. The van der Waals surface area contributed by atoms with Gasteiger partial charge >= 0.3 is 0 Å². The molecule has 0 aromatic heterocycles. The van der Waals surface area contributed by atoms with Crippen LogP contribution < -0.4 is 14.8 Å². The minimum atomic E-state index is -0.466. The summed E-state index contributed by atoms with van der Waals surface area (Å²) < 4.78 is 11.1. The van der Waals surface area contributed by atoms with Gasteiger partial charge in [0.15, 0.2) is 6.10 Å². The molecule has 2 rings (SSSR count). The van der Waals surface area contributed by atoms with Gasteiger partial charge in [0.1, 0.15) is 11.5 Å². The first-order valence-electron chi connectivity index (χ1n) is 7.42. The summed E-state index contributed by atoms with van der Waals surface area (Å²) in [5.41, 5.74) is 0.984. The molecule has 1 amide bonds. The number of carbonyl (C=O) groups excluding carboxylic acids is 1. The maximum absolute atomic E-state index is 12.3. The quantitative estimate of drug-likeness (QED) is 0.869. The first kappa shape index (κ1) is 15.6. The van der Waals surface area contributed by atoms with E-state index in [-0.39, 0.29) is 5.91 Å². The highest BCUT2D eigenvalue weighted by molar-refractivity contribution is 5.81. The third-order valence-electron chi connectivity index (χ3n) is 3.70. The molecule has 1 N–H and O–H groups in total. The number of nitrogens with one attached hydrogen (secondary N) is 1. The topological polar surface area (TPSA) is 50.8 Å². The van der Waals surface area contributed by atoms with Gasteiger partial charge in [-0.05, 0) is 45.0 Å². The van der Waals surface area contributed by atoms with Crippen LogP contribution in [0.5, 0.6) is 11.5 Å². The molecule has 1 saturated heterocycles. The Morgan fingerprint density at radius 1 is 1.38 bits per heavy atom. The summed E-state index contributed by atoms with van der Waals surface area (Å²) in [5.74, 6) is 1.58. The first-order valence-corrected chi connectivity index (χ1v) is 7.42. The van der Waals surface area contributed by atoms with Crippen molar-refractivity contribution < 1.29 is 14.3 Å². The molecule has 1 aromatic carbocycles. The lowest BCUT2D eigenvalue weighted by atomic mass is 10.2. The number of hydrogen-bond donors (Lipinski definition) is 1. The monoisotopic (exact) mass is 292 g/mol. The van der Waals surface area contributed by atoms with E-state index in [1.807, 2.05) is 37.1 Å². The van der Waals surface area contributed by atoms with E-state index in [1.165, 1.54) is 0 Å². The molecule has 1 heterocycles. The fraction of sp³-hybridized carbons (Fsp3) is 0.562. The summed E-state index contributed by atoms with van der Waals surface area (Å²) in [6.07, 6.45) is 1.71. The zero-order valence-corrected chi connectivity index (χ0v) is 13.0. The number of likely N-dealkylation sites (tertiary alicyclic amines) is 1. The summed E-state index contributed by atoms with van der Waals surface area (Å²) in [5, 5.41) is 3.10. The number of rotatable bonds is 6. The van der Waals surface area contributed by atoms with Crippen molar-refractivity contribution >= 4 is 5.91 Å². The Morgan fingerprint density at radius 2 is 2.10 bits per heavy atom. The van der Waals surface area contributed by atoms with Gasteiger partial charge in [-0.15, -0.1) is 0 Å². The van der Waals surface area contributed by atoms with E-state index in [0.717, 1.165) is 43.0 Å². The number of ether oxygens (including phenoxy) is 2. The Hall–Kier alpha value is -1.75. The molecule has 5 heteroatoms. The number of nitrogens with zero attached hydrogens (tertiary/aromatic N) is 1. The fourth-order valence-corrected chi connectivity index (χ4v) is 2.56. The van der Waals surface area contributed by atoms with Gasteiger partial charge in [0.25, 0.3) is 5.91 Å². The Bertz CT molecular complexity index is 484. The van der Waals surface area contributed by atoms with Crippen LogP contribution >= 0.6 is 0 Å². The van der Waals surface area contributed by atoms with Gasteiger partial charge < -0.3 is 19.7 Å². The van der Waals surface area contributed by atoms with Gasteiger partial charge in [-0.2, -0.15) is 0 Å². The highest BCUT2D eigenvalue weighted by Gasteiger charge is 2.25. The van der Waals surface area contributed by atoms with Crippen molar-refractivity contribution in [2.24, 2.45) is 0 Å². The van der Waals surface area contributed by atoms with Crippen LogP contribution in [0.15, 0.2) is 18.2 Å². The third kappa shape index (κ3) is 3.88. The molecule has 1 aliphatic heterocycles. The lowest BCUT2D eigenvalue weighted by molar-refractivity contribution is -0.136. The maximum Gasteiger partial charge on any atom is 0.263 e. The van der Waals surface area contributed by atoms with Crippen LogP contribution in [0.25, 0.3) is 0 Å². The van der Waals surface area contributed by atoms with Gasteiger partial charge in [0.05, 0.1) is 7.11 Å². The predicted molar refractivity (Wildman–Crippen MR) is 81.7 cm³/mol. The lowest BCUT2D eigenvalue weighted by Gasteiger charge is -2.22. The molecule has 1 aromatic rings. The Labute approximate surface area is 126 Å². The zero-order valence-electron chi connectivity index (χ0n) is 13.0. The molecule has 0 aliphatic carbocycles. The van der Waals surface area contributed by atoms with Crippen molar-refractivity contribution in [1.29, 1.82) is 0 Å². The molecule has 0 bridgehead atoms. The molecule has 1 atom stereocenters. The predicted octanol–water partition coefficient (Wildman–Crippen LogP) is 1.80. The highest BCUT2D eigenvalue weighted by atomic mass is 16.5. The Kier molecular flexibility index (Phi) is 5.44. The number of carbonyl (C=O) groups is 1. The van der Waals surface area contributed by atoms with Crippen molar-refractivity contribution in [3.05, 3.63) is 23.8 Å². The van der Waals surface area contributed by atoms with E-state index in [0.29, 0.717) is 6.54 Å². The molecular formula is C16H24N2O3. The van der Waals surface area contributed by atoms with Gasteiger partial charge in [-0.3, -0.25) is 4.79 Å². The van der Waals surface area contributed by atoms with Gasteiger partial charge in [0.2, 0.25) is 0 Å². The molecule has 1 aliphatic rings. The molecule has 21 heavy (non-hydrogen) atoms. The summed E-state index contributed by atoms with van der Waals surface area (Å²) in [4.78, 5) is 14.2. The van der Waals surface area contributed by atoms with Gasteiger partial charge in [-0.25, -0.2) is 0 Å². The van der Waals surface area contributed by atoms with E-state index in [1.54, 1.807) is 7.11 Å². The van der Waals surface area contributed by atoms with Crippen molar-refractivity contribution in [3.8, 4) is 11.5 Å². The largest absolute Gasteiger partial charge is 0.497 e. The second kappa shape index (κ2) is 7.31. The molecule has 5 nitrogen and oxygen atoms in total. The van der Waals surface area contributed by atoms with Crippen LogP contribution in [0.2, 0.25) is 0 Å². The smallest absolute Gasteiger partial charge is 0.263 e. The van der Waals surface area contributed by atoms with Crippen LogP contribution in [-0.4, -0.2) is 44.2 Å². The Morgan fingerprint density at radius 3 is 2.71 bits per heavy atom. The third-order valence-corrected chi connectivity index (χ3v) is 3.70. The van der Waals surface area contributed by atoms with E-state index in [4.69, 9.17) is 9.47 Å². The minimum absolute atomic E-state index is 0.0683. The molecular weight excluding hydrogens is 268 g/mol. The van der Waals surface area contributed by atoms with Crippen LogP contribution in [0.3, 0.4) is 0 Å². The van der Waals surface area contributed by atoms with Crippen molar-refractivity contribution in [2.75, 3.05) is 27.2 Å². The van der Waals surface area contributed by atoms with Crippen LogP contribution in [0, 0.1) is 0 Å². The van der Waals surface area contributed by atoms with Crippen LogP contribution in [0.4, 0.5) is 0 Å². The summed E-state index contributed by atoms with van der Waals surface area (Å²) in [6.45, 7) is 4.17. The minimum Gasteiger partial charge on any atom is -0.497 e. The van der Waals surface area contributed by atoms with Crippen molar-refractivity contribution in [3.63, 3.8) is 0 Å². The fourth-order valence-electron chi connectivity index (χ4n) is 2.56. The number of hydrogen-bond acceptors (Lipinski definition) is 4. The summed E-state index contributed by atoms with van der Waals surface area (Å²) >= 11 is 0. The van der Waals surface area contributed by atoms with Crippen LogP contribution in [-0.2, 0) is 11.3 Å². The molecule has 1 unspecified atom stereocenters. The number of methoxy groups -OCH3 is 1. The molecule has 116 valence electrons. The van der Waals surface area contributed by atoms with Crippen LogP contribution in [0.1, 0.15) is 25.3 Å². The normalized spacial score (nSPS) is 15.9. The molecule has 0 radical (unpaired) electrons. The van der Waals surface area contributed by atoms with E-state index in [9.17, 15) is 4.79 Å². The summed E-state index contributed by atoms with van der Waals surface area (Å²) in [6, 6.07) is 5.64. The standard InChI is InChI=1S/C16H24N2O3/c1-12(16(19)18-8-4-5-9-18)21-15-7-6-14(20-3)10-13(15)11-17-2/h6-7,10,12,17H,4-5,8-9,11H2,1-3H3. The van der Waals surface area contributed by atoms with Crippen molar-refractivity contribution in [1.82, 2.24) is 10.2 Å². The van der Waals surface area contributed by atoms with Gasteiger partial charge in [-0.1, -0.05) is 0 Å². The average Bonchev–Trinajstić information content (AvgIpc) is 3.02. The van der Waals surface area contributed by atoms with E-state index in [2.05, 4.69) is 5.32 Å². The SMILES string of the molecule is CNCc1cc(OC)ccc1OC(C)C(=O)N1CCCC1. The average molecular weight is 292 g/mol. The zero-order chi connectivity index (χ0) is 15.2. The van der Waals surface area contributed by atoms with Gasteiger partial charge in [0, 0.05) is 25.2 Å². The Balaban J connectivity index is 2.08. The second-order valence-electron chi connectivity index (χ2n) is 5.30. The molecule has 0 saturated carbocycles. The summed E-state index contributed by atoms with van der Waals surface area (Å²) in [7, 11) is 3.51. The first-order chi connectivity index (χ1) is 10.2. The lowest BCUT2D eigenvalue weighted by Crippen LogP contribution is -2.38. The van der Waals surface area contributed by atoms with Crippen molar-refractivity contribution in [2.45, 2.75) is 32.4 Å².